The molecule has 0 saturated carbocycles. The number of likely N-dealkylation sites (N-methyl/N-ethyl adjacent to an activating group) is 1. The van der Waals surface area contributed by atoms with Crippen LogP contribution in [0.25, 0.3) is 0 Å². The fraction of sp³-hybridized carbons (Fsp3) is 0.429. The molecule has 0 aliphatic carbocycles. The van der Waals surface area contributed by atoms with Crippen molar-refractivity contribution in [1.82, 2.24) is 9.88 Å². The molecule has 0 radical (unpaired) electrons. The first kappa shape index (κ1) is 14.7. The number of aromatic nitrogens is 1. The number of pyridine rings is 1. The number of carbonyl (C=O) groups excluding carboxylic acids is 1. The van der Waals surface area contributed by atoms with Gasteiger partial charge in [-0.1, -0.05) is 6.08 Å². The Morgan fingerprint density at radius 3 is 2.70 bits per heavy atom. The van der Waals surface area contributed by atoms with Crippen molar-refractivity contribution in [3.8, 4) is 0 Å². The fourth-order valence-electron chi connectivity index (χ4n) is 2.12. The zero-order valence-corrected chi connectivity index (χ0v) is 12.2. The second-order valence-electron chi connectivity index (χ2n) is 5.04. The number of rotatable bonds is 5. The number of hydrogen-bond donors (Lipinski definition) is 0. The monoisotopic (exact) mass is 294 g/mol. The van der Waals surface area contributed by atoms with Gasteiger partial charge in [-0.25, -0.2) is 8.42 Å². The van der Waals surface area contributed by atoms with E-state index < -0.39 is 9.84 Å². The first-order valence-electron chi connectivity index (χ1n) is 6.50. The summed E-state index contributed by atoms with van der Waals surface area (Å²) in [6.07, 6.45) is 6.09. The average Bonchev–Trinajstić information content (AvgIpc) is 2.76. The minimum Gasteiger partial charge on any atom is -0.345 e. The van der Waals surface area contributed by atoms with Gasteiger partial charge in [0.1, 0.15) is 0 Å². The van der Waals surface area contributed by atoms with Crippen LogP contribution in [0.4, 0.5) is 0 Å². The number of sulfone groups is 1. The van der Waals surface area contributed by atoms with E-state index in [4.69, 9.17) is 0 Å². The minimum absolute atomic E-state index is 0.0224. The molecule has 2 heterocycles. The van der Waals surface area contributed by atoms with Crippen LogP contribution in [0.2, 0.25) is 0 Å². The molecule has 0 N–H and O–H groups in total. The van der Waals surface area contributed by atoms with Gasteiger partial charge in [-0.15, -0.1) is 0 Å². The van der Waals surface area contributed by atoms with Crippen molar-refractivity contribution >= 4 is 15.7 Å². The summed E-state index contributed by atoms with van der Waals surface area (Å²) in [4.78, 5) is 17.6. The highest BCUT2D eigenvalue weighted by Gasteiger charge is 2.24. The number of carbonyl (C=O) groups is 1. The molecule has 108 valence electrons. The molecule has 0 unspecified atom stereocenters. The maximum Gasteiger partial charge on any atom is 0.222 e. The van der Waals surface area contributed by atoms with Gasteiger partial charge in [0.2, 0.25) is 5.91 Å². The van der Waals surface area contributed by atoms with E-state index in [-0.39, 0.29) is 24.0 Å². The highest BCUT2D eigenvalue weighted by atomic mass is 32.2. The van der Waals surface area contributed by atoms with Gasteiger partial charge >= 0.3 is 0 Å². The summed E-state index contributed by atoms with van der Waals surface area (Å²) in [6.45, 7) is 0.617. The molecule has 1 aromatic rings. The molecule has 0 bridgehead atoms. The van der Waals surface area contributed by atoms with Crippen molar-refractivity contribution in [1.29, 1.82) is 0 Å². The summed E-state index contributed by atoms with van der Waals surface area (Å²) < 4.78 is 22.6. The molecule has 20 heavy (non-hydrogen) atoms. The molecule has 1 aromatic heterocycles. The Bertz CT molecular complexity index is 596. The van der Waals surface area contributed by atoms with Crippen LogP contribution in [0.15, 0.2) is 36.0 Å². The Kier molecular flexibility index (Phi) is 4.54. The van der Waals surface area contributed by atoms with Crippen LogP contribution in [0.3, 0.4) is 0 Å². The predicted molar refractivity (Wildman–Crippen MR) is 76.6 cm³/mol. The minimum atomic E-state index is -3.08. The second kappa shape index (κ2) is 6.17. The summed E-state index contributed by atoms with van der Waals surface area (Å²) in [7, 11) is -1.33. The third-order valence-electron chi connectivity index (χ3n) is 3.35. The fourth-order valence-corrected chi connectivity index (χ4v) is 3.52. The summed E-state index contributed by atoms with van der Waals surface area (Å²) in [6, 6.07) is 3.84. The second-order valence-corrected chi connectivity index (χ2v) is 6.97. The summed E-state index contributed by atoms with van der Waals surface area (Å²) in [5, 5.41) is 1.21. The van der Waals surface area contributed by atoms with Gasteiger partial charge in [0, 0.05) is 43.7 Å². The topological polar surface area (TPSA) is 67.3 Å². The summed E-state index contributed by atoms with van der Waals surface area (Å²) in [5.41, 5.74) is 1.13. The molecule has 5 nitrogen and oxygen atoms in total. The lowest BCUT2D eigenvalue weighted by molar-refractivity contribution is -0.130. The van der Waals surface area contributed by atoms with Gasteiger partial charge in [0.25, 0.3) is 0 Å². The van der Waals surface area contributed by atoms with Gasteiger partial charge in [-0.05, 0) is 24.1 Å². The van der Waals surface area contributed by atoms with Gasteiger partial charge in [-0.2, -0.15) is 0 Å². The van der Waals surface area contributed by atoms with E-state index in [9.17, 15) is 13.2 Å². The van der Waals surface area contributed by atoms with Crippen LogP contribution in [0, 0.1) is 5.92 Å². The third-order valence-corrected chi connectivity index (χ3v) is 4.82. The molecule has 0 aromatic carbocycles. The lowest BCUT2D eigenvalue weighted by Gasteiger charge is -2.18. The van der Waals surface area contributed by atoms with Crippen LogP contribution in [0.5, 0.6) is 0 Å². The standard InChI is InChI=1S/C14H18N2O3S/c1-16(8-4-12-2-6-15-7-3-12)14(17)10-13-5-9-20(18,19)11-13/h2-3,5-7,9,13H,4,8,10-11H2,1H3/t13-/m0/s1. The number of hydrogen-bond acceptors (Lipinski definition) is 4. The largest absolute Gasteiger partial charge is 0.345 e. The van der Waals surface area contributed by atoms with Crippen LogP contribution >= 0.6 is 0 Å². The van der Waals surface area contributed by atoms with Crippen molar-refractivity contribution in [2.24, 2.45) is 5.92 Å². The molecule has 1 amide bonds. The molecule has 1 aliphatic rings. The molecule has 6 heteroatoms. The maximum atomic E-state index is 12.0. The van der Waals surface area contributed by atoms with Gasteiger partial charge in [0.15, 0.2) is 9.84 Å². The molecular formula is C14H18N2O3S. The number of allylic oxidation sites excluding steroid dienone is 1. The van der Waals surface area contributed by atoms with Crippen LogP contribution in [0.1, 0.15) is 12.0 Å². The van der Waals surface area contributed by atoms with Crippen LogP contribution in [-0.2, 0) is 21.1 Å². The average molecular weight is 294 g/mol. The maximum absolute atomic E-state index is 12.0. The predicted octanol–water partition coefficient (Wildman–Crippen LogP) is 1.03. The quantitative estimate of drug-likeness (QED) is 0.813. The van der Waals surface area contributed by atoms with E-state index in [0.717, 1.165) is 12.0 Å². The molecule has 0 saturated heterocycles. The molecule has 1 aliphatic heterocycles. The van der Waals surface area contributed by atoms with Crippen molar-refractivity contribution in [3.05, 3.63) is 41.6 Å². The first-order valence-corrected chi connectivity index (χ1v) is 8.21. The van der Waals surface area contributed by atoms with E-state index >= 15 is 0 Å². The zero-order chi connectivity index (χ0) is 14.6. The molecule has 2 rings (SSSR count). The van der Waals surface area contributed by atoms with Crippen molar-refractivity contribution in [3.63, 3.8) is 0 Å². The molecule has 0 fully saturated rings. The first-order chi connectivity index (χ1) is 9.46. The Hall–Kier alpha value is -1.69. The van der Waals surface area contributed by atoms with Crippen molar-refractivity contribution < 1.29 is 13.2 Å². The normalized spacial score (nSPS) is 19.9. The number of nitrogens with zero attached hydrogens (tertiary/aromatic N) is 2. The highest BCUT2D eigenvalue weighted by molar-refractivity contribution is 7.94. The van der Waals surface area contributed by atoms with Crippen LogP contribution < -0.4 is 0 Å². The molecular weight excluding hydrogens is 276 g/mol. The number of amides is 1. The van der Waals surface area contributed by atoms with E-state index in [1.54, 1.807) is 30.4 Å². The van der Waals surface area contributed by atoms with Gasteiger partial charge < -0.3 is 4.90 Å². The van der Waals surface area contributed by atoms with E-state index in [1.165, 1.54) is 5.41 Å². The Morgan fingerprint density at radius 2 is 2.10 bits per heavy atom. The van der Waals surface area contributed by atoms with Crippen molar-refractivity contribution in [2.75, 3.05) is 19.3 Å². The Labute approximate surface area is 119 Å². The SMILES string of the molecule is CN(CCc1ccncc1)C(=O)C[C@@H]1C=CS(=O)(=O)C1. The Morgan fingerprint density at radius 1 is 1.40 bits per heavy atom. The summed E-state index contributed by atoms with van der Waals surface area (Å²) in [5.74, 6) is -0.154. The third kappa shape index (κ3) is 4.16. The van der Waals surface area contributed by atoms with E-state index in [2.05, 4.69) is 4.98 Å². The Balaban J connectivity index is 1.80. The smallest absolute Gasteiger partial charge is 0.222 e. The lowest BCUT2D eigenvalue weighted by Crippen LogP contribution is -2.30. The highest BCUT2D eigenvalue weighted by Crippen LogP contribution is 2.19. The summed E-state index contributed by atoms with van der Waals surface area (Å²) >= 11 is 0. The lowest BCUT2D eigenvalue weighted by atomic mass is 10.1. The van der Waals surface area contributed by atoms with Crippen LogP contribution in [-0.4, -0.2) is 43.6 Å². The van der Waals surface area contributed by atoms with E-state index in [0.29, 0.717) is 6.54 Å². The van der Waals surface area contributed by atoms with E-state index in [1.807, 2.05) is 12.1 Å². The molecule has 0 spiro atoms. The van der Waals surface area contributed by atoms with Gasteiger partial charge in [0.05, 0.1) is 5.75 Å². The zero-order valence-electron chi connectivity index (χ0n) is 11.4. The van der Waals surface area contributed by atoms with Gasteiger partial charge in [-0.3, -0.25) is 9.78 Å². The van der Waals surface area contributed by atoms with Crippen molar-refractivity contribution in [2.45, 2.75) is 12.8 Å². The molecule has 1 atom stereocenters.